The fraction of sp³-hybridized carbons (Fsp3) is 0.370. The summed E-state index contributed by atoms with van der Waals surface area (Å²) in [6.07, 6.45) is 2.24. The zero-order valence-corrected chi connectivity index (χ0v) is 22.2. The number of ether oxygens (including phenoxy) is 3. The van der Waals surface area contributed by atoms with Gasteiger partial charge in [-0.1, -0.05) is 11.6 Å². The summed E-state index contributed by atoms with van der Waals surface area (Å²) in [5, 5.41) is 13.5. The van der Waals surface area contributed by atoms with Gasteiger partial charge in [-0.05, 0) is 38.4 Å². The predicted molar refractivity (Wildman–Crippen MR) is 143 cm³/mol. The van der Waals surface area contributed by atoms with Gasteiger partial charge in [0, 0.05) is 55.8 Å². The number of likely N-dealkylation sites (N-methyl/N-ethyl adjacent to an activating group) is 1. The normalized spacial score (nSPS) is 13.9. The number of carbonyl (C=O) groups is 1. The van der Waals surface area contributed by atoms with Crippen LogP contribution in [0.5, 0.6) is 11.5 Å². The van der Waals surface area contributed by atoms with Crippen molar-refractivity contribution in [2.45, 2.75) is 18.9 Å². The van der Waals surface area contributed by atoms with Gasteiger partial charge in [-0.3, -0.25) is 4.98 Å². The van der Waals surface area contributed by atoms with Crippen molar-refractivity contribution in [3.63, 3.8) is 0 Å². The second kappa shape index (κ2) is 12.2. The van der Waals surface area contributed by atoms with Crippen LogP contribution in [0, 0.1) is 17.1 Å². The third-order valence-corrected chi connectivity index (χ3v) is 6.51. The molecule has 1 aliphatic rings. The predicted octanol–water partition coefficient (Wildman–Crippen LogP) is 5.19. The minimum Gasteiger partial charge on any atom is -0.493 e. The van der Waals surface area contributed by atoms with E-state index in [1.165, 1.54) is 24.4 Å². The lowest BCUT2D eigenvalue weighted by molar-refractivity contribution is 0.0638. The molecule has 11 heteroatoms. The number of hydrogen-bond acceptors (Lipinski definition) is 8. The van der Waals surface area contributed by atoms with Gasteiger partial charge >= 0.3 is 6.09 Å². The average molecular weight is 542 g/mol. The van der Waals surface area contributed by atoms with Crippen molar-refractivity contribution in [2.75, 3.05) is 52.8 Å². The van der Waals surface area contributed by atoms with Gasteiger partial charge in [-0.25, -0.2) is 9.18 Å². The Hall–Kier alpha value is -3.81. The van der Waals surface area contributed by atoms with Crippen LogP contribution in [0.1, 0.15) is 18.4 Å². The molecule has 9 nitrogen and oxygen atoms in total. The van der Waals surface area contributed by atoms with Crippen molar-refractivity contribution in [2.24, 2.45) is 0 Å². The van der Waals surface area contributed by atoms with E-state index in [1.807, 2.05) is 19.0 Å². The van der Waals surface area contributed by atoms with Crippen LogP contribution in [0.2, 0.25) is 5.02 Å². The van der Waals surface area contributed by atoms with Crippen molar-refractivity contribution in [3.05, 3.63) is 52.9 Å². The van der Waals surface area contributed by atoms with Crippen molar-refractivity contribution >= 4 is 40.0 Å². The number of rotatable bonds is 8. The number of piperidine rings is 1. The number of aromatic nitrogens is 1. The van der Waals surface area contributed by atoms with Gasteiger partial charge in [-0.2, -0.15) is 5.26 Å². The Morgan fingerprint density at radius 2 is 2.03 bits per heavy atom. The zero-order valence-electron chi connectivity index (χ0n) is 21.5. The summed E-state index contributed by atoms with van der Waals surface area (Å²) in [4.78, 5) is 20.4. The fourth-order valence-corrected chi connectivity index (χ4v) is 4.31. The average Bonchev–Trinajstić information content (AvgIpc) is 2.90. The first kappa shape index (κ1) is 27.2. The van der Waals surface area contributed by atoms with E-state index in [0.29, 0.717) is 78.4 Å². The zero-order chi connectivity index (χ0) is 27.2. The highest BCUT2D eigenvalue weighted by atomic mass is 35.5. The molecule has 1 amide bonds. The Balaban J connectivity index is 1.54. The van der Waals surface area contributed by atoms with Gasteiger partial charge in [-0.15, -0.1) is 0 Å². The van der Waals surface area contributed by atoms with Gasteiger partial charge in [0.2, 0.25) is 0 Å². The van der Waals surface area contributed by atoms with E-state index < -0.39 is 5.82 Å². The highest BCUT2D eigenvalue weighted by Crippen LogP contribution is 2.38. The second-order valence-corrected chi connectivity index (χ2v) is 9.56. The van der Waals surface area contributed by atoms with Crippen LogP contribution in [-0.2, 0) is 4.74 Å². The highest BCUT2D eigenvalue weighted by Gasteiger charge is 2.26. The molecule has 1 fully saturated rings. The smallest absolute Gasteiger partial charge is 0.409 e. The Labute approximate surface area is 225 Å². The number of nitrogens with zero attached hydrogens (tertiary/aromatic N) is 4. The second-order valence-electron chi connectivity index (χ2n) is 9.15. The number of fused-ring (bicyclic) bond motifs is 1. The number of amides is 1. The lowest BCUT2D eigenvalue weighted by Crippen LogP contribution is -2.42. The first-order chi connectivity index (χ1) is 18.3. The molecule has 0 radical (unpaired) electrons. The topological polar surface area (TPSA) is 99.9 Å². The number of benzene rings is 2. The van der Waals surface area contributed by atoms with E-state index in [-0.39, 0.29) is 17.2 Å². The maximum Gasteiger partial charge on any atom is 0.409 e. The van der Waals surface area contributed by atoms with Crippen LogP contribution in [-0.4, -0.2) is 74.4 Å². The van der Waals surface area contributed by atoms with Gasteiger partial charge in [0.25, 0.3) is 0 Å². The van der Waals surface area contributed by atoms with Crippen LogP contribution >= 0.6 is 11.6 Å². The Kier molecular flexibility index (Phi) is 8.71. The van der Waals surface area contributed by atoms with Crippen LogP contribution in [0.25, 0.3) is 10.9 Å². The Morgan fingerprint density at radius 1 is 1.26 bits per heavy atom. The van der Waals surface area contributed by atoms with Crippen molar-refractivity contribution in [1.82, 2.24) is 14.8 Å². The standard InChI is InChI=1S/C27H29ClFN5O4/c1-33(2)10-11-37-27(35)34-8-6-19(7-9-34)38-25-13-20-23(14-24(25)36-3)31-16-17(15-30)26(20)32-18-4-5-22(29)21(28)12-18/h4-5,12-14,16,19H,6-11H2,1-3H3,(H,31,32). The van der Waals surface area contributed by atoms with Gasteiger partial charge < -0.3 is 29.3 Å². The Bertz CT molecular complexity index is 1360. The molecular weight excluding hydrogens is 513 g/mol. The van der Waals surface area contributed by atoms with Crippen molar-refractivity contribution in [3.8, 4) is 17.6 Å². The van der Waals surface area contributed by atoms with E-state index in [1.54, 1.807) is 24.1 Å². The van der Waals surface area contributed by atoms with E-state index in [4.69, 9.17) is 25.8 Å². The number of likely N-dealkylation sites (tertiary alicyclic amines) is 1. The number of nitrogens with one attached hydrogen (secondary N) is 1. The maximum atomic E-state index is 13.7. The van der Waals surface area contributed by atoms with Gasteiger partial charge in [0.05, 0.1) is 28.9 Å². The van der Waals surface area contributed by atoms with Crippen molar-refractivity contribution in [1.29, 1.82) is 5.26 Å². The molecule has 0 spiro atoms. The molecule has 0 aliphatic carbocycles. The largest absolute Gasteiger partial charge is 0.493 e. The molecule has 2 aromatic carbocycles. The minimum absolute atomic E-state index is 0.0366. The third-order valence-electron chi connectivity index (χ3n) is 6.22. The molecule has 1 saturated heterocycles. The van der Waals surface area contributed by atoms with Crippen LogP contribution < -0.4 is 14.8 Å². The van der Waals surface area contributed by atoms with Crippen LogP contribution in [0.3, 0.4) is 0 Å². The molecule has 0 saturated carbocycles. The molecule has 3 aromatic rings. The molecule has 38 heavy (non-hydrogen) atoms. The van der Waals surface area contributed by atoms with E-state index in [9.17, 15) is 14.4 Å². The lowest BCUT2D eigenvalue weighted by Gasteiger charge is -2.32. The summed E-state index contributed by atoms with van der Waals surface area (Å²) >= 11 is 5.95. The molecule has 1 N–H and O–H groups in total. The molecule has 0 bridgehead atoms. The number of pyridine rings is 1. The van der Waals surface area contributed by atoms with Crippen molar-refractivity contribution < 1.29 is 23.4 Å². The van der Waals surface area contributed by atoms with Crippen LogP contribution in [0.15, 0.2) is 36.5 Å². The number of nitriles is 1. The molecule has 2 heterocycles. The summed E-state index contributed by atoms with van der Waals surface area (Å²) in [5.41, 5.74) is 1.89. The van der Waals surface area contributed by atoms with E-state index in [0.717, 1.165) is 0 Å². The summed E-state index contributed by atoms with van der Waals surface area (Å²) in [7, 11) is 5.39. The number of halogens is 2. The summed E-state index contributed by atoms with van der Waals surface area (Å²) in [5.74, 6) is 0.450. The molecule has 0 atom stereocenters. The van der Waals surface area contributed by atoms with Gasteiger partial charge in [0.15, 0.2) is 11.5 Å². The molecule has 4 rings (SSSR count). The van der Waals surface area contributed by atoms with E-state index >= 15 is 0 Å². The first-order valence-corrected chi connectivity index (χ1v) is 12.5. The summed E-state index contributed by atoms with van der Waals surface area (Å²) < 4.78 is 30.9. The molecule has 1 aromatic heterocycles. The highest BCUT2D eigenvalue weighted by molar-refractivity contribution is 6.31. The number of hydrogen-bond donors (Lipinski definition) is 1. The minimum atomic E-state index is -0.536. The number of anilines is 2. The monoisotopic (exact) mass is 541 g/mol. The molecule has 1 aliphatic heterocycles. The SMILES string of the molecule is COc1cc2ncc(C#N)c(Nc3ccc(F)c(Cl)c3)c2cc1OC1CCN(C(=O)OCCN(C)C)CC1. The number of methoxy groups -OCH3 is 1. The summed E-state index contributed by atoms with van der Waals surface area (Å²) in [6.45, 7) is 2.04. The quantitative estimate of drug-likeness (QED) is 0.416. The van der Waals surface area contributed by atoms with Crippen LogP contribution in [0.4, 0.5) is 20.6 Å². The van der Waals surface area contributed by atoms with E-state index in [2.05, 4.69) is 16.4 Å². The van der Waals surface area contributed by atoms with Gasteiger partial charge in [0.1, 0.15) is 24.6 Å². The molecular formula is C27H29ClFN5O4. The summed E-state index contributed by atoms with van der Waals surface area (Å²) in [6, 6.07) is 9.90. The Morgan fingerprint density at radius 3 is 2.68 bits per heavy atom. The lowest BCUT2D eigenvalue weighted by atomic mass is 10.1. The fourth-order valence-electron chi connectivity index (χ4n) is 4.13. The maximum absolute atomic E-state index is 13.7. The first-order valence-electron chi connectivity index (χ1n) is 12.1. The number of carbonyl (C=O) groups excluding carboxylic acids is 1. The third kappa shape index (κ3) is 6.36. The molecule has 0 unspecified atom stereocenters. The molecule has 200 valence electrons.